The first-order valence-corrected chi connectivity index (χ1v) is 8.79. The number of piperidine rings is 1. The van der Waals surface area contributed by atoms with E-state index in [1.807, 2.05) is 30.3 Å². The summed E-state index contributed by atoms with van der Waals surface area (Å²) in [5, 5.41) is 3.10. The minimum atomic E-state index is -0.0380. The Bertz CT molecular complexity index is 719. The van der Waals surface area contributed by atoms with Gasteiger partial charge in [-0.15, -0.1) is 0 Å². The number of carbonyl (C=O) groups is 1. The Morgan fingerprint density at radius 1 is 1.12 bits per heavy atom. The number of nitrogen functional groups attached to an aromatic ring is 1. The van der Waals surface area contributed by atoms with Crippen molar-refractivity contribution in [1.82, 2.24) is 10.2 Å². The molecular formula is C21H25N3O. The molecule has 1 heterocycles. The van der Waals surface area contributed by atoms with Crippen LogP contribution in [0.3, 0.4) is 0 Å². The van der Waals surface area contributed by atoms with E-state index in [1.54, 1.807) is 12.2 Å². The largest absolute Gasteiger partial charge is 0.399 e. The van der Waals surface area contributed by atoms with Crippen molar-refractivity contribution in [1.29, 1.82) is 0 Å². The van der Waals surface area contributed by atoms with Crippen molar-refractivity contribution in [3.05, 3.63) is 71.8 Å². The van der Waals surface area contributed by atoms with E-state index < -0.39 is 0 Å². The molecule has 0 radical (unpaired) electrons. The van der Waals surface area contributed by atoms with E-state index in [4.69, 9.17) is 5.73 Å². The fourth-order valence-corrected chi connectivity index (χ4v) is 3.16. The van der Waals surface area contributed by atoms with E-state index in [9.17, 15) is 4.79 Å². The van der Waals surface area contributed by atoms with Crippen LogP contribution >= 0.6 is 0 Å². The maximum absolute atomic E-state index is 12.1. The van der Waals surface area contributed by atoms with Crippen LogP contribution in [-0.4, -0.2) is 29.9 Å². The molecule has 4 nitrogen and oxygen atoms in total. The molecule has 0 unspecified atom stereocenters. The number of carbonyl (C=O) groups excluding carboxylic acids is 1. The lowest BCUT2D eigenvalue weighted by Gasteiger charge is -2.32. The first-order chi connectivity index (χ1) is 12.2. The zero-order chi connectivity index (χ0) is 17.5. The van der Waals surface area contributed by atoms with Crippen LogP contribution in [0.2, 0.25) is 0 Å². The van der Waals surface area contributed by atoms with Crippen LogP contribution in [0.5, 0.6) is 0 Å². The molecule has 130 valence electrons. The maximum Gasteiger partial charge on any atom is 0.244 e. The van der Waals surface area contributed by atoms with Crippen molar-refractivity contribution >= 4 is 17.7 Å². The quantitative estimate of drug-likeness (QED) is 0.652. The van der Waals surface area contributed by atoms with E-state index in [0.29, 0.717) is 5.69 Å². The summed E-state index contributed by atoms with van der Waals surface area (Å²) in [5.41, 5.74) is 8.73. The fourth-order valence-electron chi connectivity index (χ4n) is 3.16. The topological polar surface area (TPSA) is 58.4 Å². The second kappa shape index (κ2) is 8.49. The molecule has 1 aliphatic heterocycles. The van der Waals surface area contributed by atoms with E-state index in [0.717, 1.165) is 38.0 Å². The summed E-state index contributed by atoms with van der Waals surface area (Å²) >= 11 is 0. The molecule has 1 aliphatic rings. The number of nitrogens with zero attached hydrogens (tertiary/aromatic N) is 1. The number of benzene rings is 2. The van der Waals surface area contributed by atoms with Gasteiger partial charge in [0.25, 0.3) is 0 Å². The molecule has 25 heavy (non-hydrogen) atoms. The highest BCUT2D eigenvalue weighted by Crippen LogP contribution is 2.14. The summed E-state index contributed by atoms with van der Waals surface area (Å²) in [6, 6.07) is 18.3. The lowest BCUT2D eigenvalue weighted by atomic mass is 10.0. The van der Waals surface area contributed by atoms with E-state index in [1.165, 1.54) is 5.56 Å². The van der Waals surface area contributed by atoms with Crippen LogP contribution in [0.25, 0.3) is 6.08 Å². The number of likely N-dealkylation sites (tertiary alicyclic amines) is 1. The molecule has 2 aromatic carbocycles. The Morgan fingerprint density at radius 2 is 1.88 bits per heavy atom. The van der Waals surface area contributed by atoms with Crippen molar-refractivity contribution in [3.63, 3.8) is 0 Å². The molecule has 0 aromatic heterocycles. The Hall–Kier alpha value is -2.59. The molecule has 0 spiro atoms. The lowest BCUT2D eigenvalue weighted by Crippen LogP contribution is -2.43. The monoisotopic (exact) mass is 335 g/mol. The van der Waals surface area contributed by atoms with E-state index in [2.05, 4.69) is 34.5 Å². The van der Waals surface area contributed by atoms with Gasteiger partial charge in [-0.1, -0.05) is 42.5 Å². The third-order valence-electron chi connectivity index (χ3n) is 4.52. The maximum atomic E-state index is 12.1. The standard InChI is InChI=1S/C21H25N3O/c22-19-8-4-7-17(15-19)9-10-21(25)23-20-11-13-24(14-12-20)16-18-5-2-1-3-6-18/h1-10,15,20H,11-14,16,22H2,(H,23,25)/b10-9+. The van der Waals surface area contributed by atoms with Crippen molar-refractivity contribution in [3.8, 4) is 0 Å². The summed E-state index contributed by atoms with van der Waals surface area (Å²) in [4.78, 5) is 14.5. The molecule has 0 bridgehead atoms. The number of hydrogen-bond donors (Lipinski definition) is 2. The molecule has 1 amide bonds. The van der Waals surface area contributed by atoms with Crippen LogP contribution in [0, 0.1) is 0 Å². The molecular weight excluding hydrogens is 310 g/mol. The van der Waals surface area contributed by atoms with Gasteiger partial charge < -0.3 is 11.1 Å². The minimum Gasteiger partial charge on any atom is -0.399 e. The van der Waals surface area contributed by atoms with E-state index >= 15 is 0 Å². The zero-order valence-electron chi connectivity index (χ0n) is 14.4. The van der Waals surface area contributed by atoms with E-state index in [-0.39, 0.29) is 11.9 Å². The number of rotatable bonds is 5. The molecule has 0 atom stereocenters. The van der Waals surface area contributed by atoms with Crippen molar-refractivity contribution in [2.75, 3.05) is 18.8 Å². The Labute approximate surface area is 149 Å². The van der Waals surface area contributed by atoms with Gasteiger partial charge in [-0.25, -0.2) is 0 Å². The number of amides is 1. The summed E-state index contributed by atoms with van der Waals surface area (Å²) in [7, 11) is 0. The van der Waals surface area contributed by atoms with Crippen LogP contribution in [0.4, 0.5) is 5.69 Å². The molecule has 3 N–H and O–H groups in total. The molecule has 0 aliphatic carbocycles. The van der Waals surface area contributed by atoms with Gasteiger partial charge in [-0.2, -0.15) is 0 Å². The smallest absolute Gasteiger partial charge is 0.244 e. The predicted molar refractivity (Wildman–Crippen MR) is 103 cm³/mol. The normalized spacial score (nSPS) is 16.2. The molecule has 0 saturated carbocycles. The van der Waals surface area contributed by atoms with Gasteiger partial charge in [-0.05, 0) is 42.2 Å². The predicted octanol–water partition coefficient (Wildman–Crippen LogP) is 3.06. The molecule has 1 fully saturated rings. The molecule has 4 heteroatoms. The average Bonchev–Trinajstić information content (AvgIpc) is 2.63. The Balaban J connectivity index is 1.43. The van der Waals surface area contributed by atoms with Gasteiger partial charge in [0, 0.05) is 37.4 Å². The number of anilines is 1. The highest BCUT2D eigenvalue weighted by atomic mass is 16.1. The molecule has 1 saturated heterocycles. The number of hydrogen-bond acceptors (Lipinski definition) is 3. The van der Waals surface area contributed by atoms with Gasteiger partial charge in [0.15, 0.2) is 0 Å². The summed E-state index contributed by atoms with van der Waals surface area (Å²) < 4.78 is 0. The van der Waals surface area contributed by atoms with Gasteiger partial charge in [0.05, 0.1) is 0 Å². The van der Waals surface area contributed by atoms with Crippen LogP contribution in [0.1, 0.15) is 24.0 Å². The molecule has 2 aromatic rings. The first kappa shape index (κ1) is 17.2. The highest BCUT2D eigenvalue weighted by Gasteiger charge is 2.19. The third kappa shape index (κ3) is 5.47. The Morgan fingerprint density at radius 3 is 2.60 bits per heavy atom. The second-order valence-electron chi connectivity index (χ2n) is 6.55. The second-order valence-corrected chi connectivity index (χ2v) is 6.55. The summed E-state index contributed by atoms with van der Waals surface area (Å²) in [6.45, 7) is 3.01. The number of nitrogens with two attached hydrogens (primary N) is 1. The molecule has 3 rings (SSSR count). The first-order valence-electron chi connectivity index (χ1n) is 8.79. The SMILES string of the molecule is Nc1cccc(/C=C/C(=O)NC2CCN(Cc3ccccc3)CC2)c1. The number of nitrogens with one attached hydrogen (secondary N) is 1. The third-order valence-corrected chi connectivity index (χ3v) is 4.52. The van der Waals surface area contributed by atoms with Crippen molar-refractivity contribution in [2.24, 2.45) is 0 Å². The minimum absolute atomic E-state index is 0.0380. The zero-order valence-corrected chi connectivity index (χ0v) is 14.4. The van der Waals surface area contributed by atoms with Crippen LogP contribution < -0.4 is 11.1 Å². The van der Waals surface area contributed by atoms with Crippen LogP contribution in [0.15, 0.2) is 60.7 Å². The van der Waals surface area contributed by atoms with Gasteiger partial charge >= 0.3 is 0 Å². The fraction of sp³-hybridized carbons (Fsp3) is 0.286. The van der Waals surface area contributed by atoms with Gasteiger partial charge in [0.2, 0.25) is 5.91 Å². The van der Waals surface area contributed by atoms with Crippen molar-refractivity contribution < 1.29 is 4.79 Å². The Kier molecular flexibility index (Phi) is 5.86. The summed E-state index contributed by atoms with van der Waals surface area (Å²) in [6.07, 6.45) is 5.37. The van der Waals surface area contributed by atoms with Gasteiger partial charge in [-0.3, -0.25) is 9.69 Å². The lowest BCUT2D eigenvalue weighted by molar-refractivity contribution is -0.117. The highest BCUT2D eigenvalue weighted by molar-refractivity contribution is 5.92. The van der Waals surface area contributed by atoms with Crippen molar-refractivity contribution in [2.45, 2.75) is 25.4 Å². The average molecular weight is 335 g/mol. The summed E-state index contributed by atoms with van der Waals surface area (Å²) in [5.74, 6) is -0.0380. The van der Waals surface area contributed by atoms with Crippen LogP contribution in [-0.2, 0) is 11.3 Å². The van der Waals surface area contributed by atoms with Gasteiger partial charge in [0.1, 0.15) is 0 Å².